The Labute approximate surface area is 121 Å². The Balaban J connectivity index is 3.41. The molecule has 3 N–H and O–H groups in total. The quantitative estimate of drug-likeness (QED) is 0.726. The first-order valence-electron chi connectivity index (χ1n) is 5.73. The number of rotatable bonds is 7. The molecule has 21 heavy (non-hydrogen) atoms. The first-order chi connectivity index (χ1) is 9.72. The molecule has 0 heterocycles. The first kappa shape index (κ1) is 16.8. The Morgan fingerprint density at radius 3 is 2.29 bits per heavy atom. The van der Waals surface area contributed by atoms with Crippen LogP contribution in [0, 0.1) is 0 Å². The number of sulfone groups is 1. The van der Waals surface area contributed by atoms with Gasteiger partial charge in [0.05, 0.1) is 24.9 Å². The number of hydrogen-bond acceptors (Lipinski definition) is 6. The van der Waals surface area contributed by atoms with Gasteiger partial charge in [-0.05, 0) is 6.07 Å². The number of hydrogen-bond donors (Lipinski definition) is 2. The highest BCUT2D eigenvalue weighted by Gasteiger charge is 2.24. The van der Waals surface area contributed by atoms with Crippen molar-refractivity contribution in [3.8, 4) is 11.5 Å². The van der Waals surface area contributed by atoms with Crippen molar-refractivity contribution in [2.45, 2.75) is 11.3 Å². The van der Waals surface area contributed by atoms with Gasteiger partial charge in [-0.25, -0.2) is 13.2 Å². The van der Waals surface area contributed by atoms with Gasteiger partial charge in [0.2, 0.25) is 5.91 Å². The van der Waals surface area contributed by atoms with Gasteiger partial charge in [0.1, 0.15) is 5.56 Å². The zero-order chi connectivity index (χ0) is 16.2. The summed E-state index contributed by atoms with van der Waals surface area (Å²) in [6.45, 7) is 0. The summed E-state index contributed by atoms with van der Waals surface area (Å²) >= 11 is 0. The topological polar surface area (TPSA) is 133 Å². The maximum absolute atomic E-state index is 12.1. The van der Waals surface area contributed by atoms with Gasteiger partial charge >= 0.3 is 5.97 Å². The zero-order valence-electron chi connectivity index (χ0n) is 11.5. The van der Waals surface area contributed by atoms with Crippen molar-refractivity contribution in [1.29, 1.82) is 0 Å². The molecule has 0 saturated heterocycles. The van der Waals surface area contributed by atoms with E-state index in [1.54, 1.807) is 0 Å². The fourth-order valence-electron chi connectivity index (χ4n) is 1.63. The van der Waals surface area contributed by atoms with E-state index in [4.69, 9.17) is 20.3 Å². The van der Waals surface area contributed by atoms with Crippen LogP contribution >= 0.6 is 0 Å². The van der Waals surface area contributed by atoms with Crippen LogP contribution in [0.3, 0.4) is 0 Å². The molecule has 0 unspecified atom stereocenters. The van der Waals surface area contributed by atoms with E-state index < -0.39 is 27.5 Å². The number of nitrogens with two attached hydrogens (primary N) is 1. The van der Waals surface area contributed by atoms with Gasteiger partial charge in [0.15, 0.2) is 21.3 Å². The summed E-state index contributed by atoms with van der Waals surface area (Å²) in [5.41, 5.74) is 4.56. The van der Waals surface area contributed by atoms with Gasteiger partial charge in [-0.2, -0.15) is 0 Å². The average molecular weight is 317 g/mol. The summed E-state index contributed by atoms with van der Waals surface area (Å²) in [5.74, 6) is -2.76. The normalized spacial score (nSPS) is 11.0. The molecular weight excluding hydrogens is 302 g/mol. The molecule has 0 aliphatic rings. The number of methoxy groups -OCH3 is 2. The van der Waals surface area contributed by atoms with Gasteiger partial charge in [0.25, 0.3) is 0 Å². The van der Waals surface area contributed by atoms with Crippen molar-refractivity contribution in [3.05, 3.63) is 17.7 Å². The molecule has 0 aromatic heterocycles. The molecule has 0 fully saturated rings. The molecule has 0 radical (unpaired) electrons. The number of benzene rings is 1. The third-order valence-electron chi connectivity index (χ3n) is 2.66. The number of carbonyl (C=O) groups excluding carboxylic acids is 1. The lowest BCUT2D eigenvalue weighted by molar-refractivity contribution is -0.117. The zero-order valence-corrected chi connectivity index (χ0v) is 12.3. The van der Waals surface area contributed by atoms with E-state index >= 15 is 0 Å². The second-order valence-corrected chi connectivity index (χ2v) is 6.16. The predicted molar refractivity (Wildman–Crippen MR) is 72.4 cm³/mol. The average Bonchev–Trinajstić information content (AvgIpc) is 2.43. The minimum Gasteiger partial charge on any atom is -0.493 e. The van der Waals surface area contributed by atoms with E-state index in [-0.39, 0.29) is 28.4 Å². The van der Waals surface area contributed by atoms with Gasteiger partial charge in [0, 0.05) is 12.5 Å². The van der Waals surface area contributed by atoms with Gasteiger partial charge < -0.3 is 20.3 Å². The lowest BCUT2D eigenvalue weighted by Crippen LogP contribution is -2.17. The van der Waals surface area contributed by atoms with Crippen LogP contribution in [-0.2, 0) is 14.6 Å². The minimum atomic E-state index is -3.87. The molecule has 1 aromatic carbocycles. The Bertz CT molecular complexity index is 666. The number of primary amides is 1. The number of aromatic carboxylic acids is 1. The number of carboxylic acid groups (broad SMARTS) is 1. The Kier molecular flexibility index (Phi) is 5.14. The van der Waals surface area contributed by atoms with Crippen LogP contribution in [0.5, 0.6) is 11.5 Å². The second kappa shape index (κ2) is 6.44. The van der Waals surface area contributed by atoms with E-state index in [1.807, 2.05) is 0 Å². The molecular formula is C12H15NO7S. The third-order valence-corrected chi connectivity index (χ3v) is 4.35. The largest absolute Gasteiger partial charge is 0.493 e. The fourth-order valence-corrected chi connectivity index (χ4v) is 2.92. The fraction of sp³-hybridized carbons (Fsp3) is 0.333. The SMILES string of the molecule is COc1cc(S(=O)(=O)CCC(N)=O)cc(C(=O)O)c1OC. The third kappa shape index (κ3) is 3.85. The Morgan fingerprint density at radius 1 is 1.24 bits per heavy atom. The van der Waals surface area contributed by atoms with E-state index in [2.05, 4.69) is 0 Å². The highest BCUT2D eigenvalue weighted by Crippen LogP contribution is 2.34. The molecule has 1 aromatic rings. The van der Waals surface area contributed by atoms with Crippen LogP contribution in [0.25, 0.3) is 0 Å². The van der Waals surface area contributed by atoms with E-state index in [1.165, 1.54) is 14.2 Å². The monoisotopic (exact) mass is 317 g/mol. The van der Waals surface area contributed by atoms with Crippen molar-refractivity contribution >= 4 is 21.7 Å². The Morgan fingerprint density at radius 2 is 1.86 bits per heavy atom. The molecule has 8 nitrogen and oxygen atoms in total. The molecule has 116 valence electrons. The first-order valence-corrected chi connectivity index (χ1v) is 7.38. The van der Waals surface area contributed by atoms with Gasteiger partial charge in [-0.1, -0.05) is 0 Å². The van der Waals surface area contributed by atoms with Crippen LogP contribution < -0.4 is 15.2 Å². The molecule has 1 rings (SSSR count). The summed E-state index contributed by atoms with van der Waals surface area (Å²) in [6, 6.07) is 2.10. The summed E-state index contributed by atoms with van der Waals surface area (Å²) in [6.07, 6.45) is -0.362. The number of carboxylic acids is 1. The van der Waals surface area contributed by atoms with Crippen LogP contribution in [0.2, 0.25) is 0 Å². The molecule has 0 spiro atoms. The summed E-state index contributed by atoms with van der Waals surface area (Å²) < 4.78 is 34.0. The lowest BCUT2D eigenvalue weighted by atomic mass is 10.2. The van der Waals surface area contributed by atoms with Crippen molar-refractivity contribution < 1.29 is 32.6 Å². The van der Waals surface area contributed by atoms with Crippen LogP contribution in [-0.4, -0.2) is 45.4 Å². The van der Waals surface area contributed by atoms with Crippen molar-refractivity contribution in [2.24, 2.45) is 5.73 Å². The molecule has 0 saturated carbocycles. The smallest absolute Gasteiger partial charge is 0.339 e. The Hall–Kier alpha value is -2.29. The number of amides is 1. The second-order valence-electron chi connectivity index (χ2n) is 4.05. The van der Waals surface area contributed by atoms with E-state index in [9.17, 15) is 18.0 Å². The van der Waals surface area contributed by atoms with E-state index in [0.717, 1.165) is 12.1 Å². The van der Waals surface area contributed by atoms with Crippen molar-refractivity contribution in [2.75, 3.05) is 20.0 Å². The van der Waals surface area contributed by atoms with Crippen LogP contribution in [0.15, 0.2) is 17.0 Å². The lowest BCUT2D eigenvalue weighted by Gasteiger charge is -2.13. The molecule has 0 aliphatic carbocycles. The maximum atomic E-state index is 12.1. The molecule has 1 amide bonds. The van der Waals surface area contributed by atoms with Gasteiger partial charge in [-0.15, -0.1) is 0 Å². The van der Waals surface area contributed by atoms with Crippen molar-refractivity contribution in [3.63, 3.8) is 0 Å². The van der Waals surface area contributed by atoms with Crippen LogP contribution in [0.1, 0.15) is 16.8 Å². The molecule has 9 heteroatoms. The van der Waals surface area contributed by atoms with Gasteiger partial charge in [-0.3, -0.25) is 4.79 Å². The predicted octanol–water partition coefficient (Wildman–Crippen LogP) is 0.0511. The number of carbonyl (C=O) groups is 2. The molecule has 0 aliphatic heterocycles. The summed E-state index contributed by atoms with van der Waals surface area (Å²) in [7, 11) is -1.37. The highest BCUT2D eigenvalue weighted by molar-refractivity contribution is 7.91. The molecule has 0 bridgehead atoms. The van der Waals surface area contributed by atoms with Crippen LogP contribution in [0.4, 0.5) is 0 Å². The summed E-state index contributed by atoms with van der Waals surface area (Å²) in [5, 5.41) is 9.12. The number of ether oxygens (including phenoxy) is 2. The summed E-state index contributed by atoms with van der Waals surface area (Å²) in [4.78, 5) is 21.6. The molecule has 0 atom stereocenters. The van der Waals surface area contributed by atoms with E-state index in [0.29, 0.717) is 0 Å². The standard InChI is InChI=1S/C12H15NO7S/c1-19-9-6-7(21(17,18)4-3-10(13)14)5-8(12(15)16)11(9)20-2/h5-6H,3-4H2,1-2H3,(H2,13,14)(H,15,16). The minimum absolute atomic E-state index is 0.0324. The maximum Gasteiger partial charge on any atom is 0.339 e. The highest BCUT2D eigenvalue weighted by atomic mass is 32.2. The van der Waals surface area contributed by atoms with Crippen molar-refractivity contribution in [1.82, 2.24) is 0 Å².